The molecule has 0 bridgehead atoms. The number of rotatable bonds is 3. The lowest BCUT2D eigenvalue weighted by Gasteiger charge is -2.34. The lowest BCUT2D eigenvalue weighted by atomic mass is 9.85. The van der Waals surface area contributed by atoms with Crippen LogP contribution in [0.2, 0.25) is 0 Å². The number of hydrogen-bond acceptors (Lipinski definition) is 2. The van der Waals surface area contributed by atoms with Gasteiger partial charge in [-0.2, -0.15) is 0 Å². The fourth-order valence-electron chi connectivity index (χ4n) is 2.12. The van der Waals surface area contributed by atoms with Crippen LogP contribution in [0.3, 0.4) is 0 Å². The van der Waals surface area contributed by atoms with Crippen LogP contribution in [0.1, 0.15) is 26.2 Å². The van der Waals surface area contributed by atoms with E-state index in [4.69, 9.17) is 10.8 Å². The highest BCUT2D eigenvalue weighted by Crippen LogP contribution is 2.25. The highest BCUT2D eigenvalue weighted by Gasteiger charge is 2.27. The van der Waals surface area contributed by atoms with E-state index in [2.05, 4.69) is 0 Å². The SMILES string of the molecule is CC(CC(=O)O)C1CCCN(C(N)=O)C1. The molecule has 5 heteroatoms. The number of carbonyl (C=O) groups excluding carboxylic acids is 1. The Morgan fingerprint density at radius 2 is 2.27 bits per heavy atom. The van der Waals surface area contributed by atoms with Gasteiger partial charge < -0.3 is 15.7 Å². The molecule has 0 aromatic rings. The number of urea groups is 1. The van der Waals surface area contributed by atoms with E-state index in [-0.39, 0.29) is 18.3 Å². The number of piperidine rings is 1. The zero-order chi connectivity index (χ0) is 11.4. The van der Waals surface area contributed by atoms with Gasteiger partial charge in [0.2, 0.25) is 0 Å². The van der Waals surface area contributed by atoms with Crippen LogP contribution >= 0.6 is 0 Å². The Morgan fingerprint density at radius 1 is 1.60 bits per heavy atom. The second kappa shape index (κ2) is 5.00. The van der Waals surface area contributed by atoms with Crippen LogP contribution in [-0.4, -0.2) is 35.1 Å². The van der Waals surface area contributed by atoms with Gasteiger partial charge in [0.1, 0.15) is 0 Å². The van der Waals surface area contributed by atoms with Gasteiger partial charge in [0.25, 0.3) is 0 Å². The van der Waals surface area contributed by atoms with Gasteiger partial charge in [0, 0.05) is 19.5 Å². The van der Waals surface area contributed by atoms with Crippen molar-refractivity contribution in [1.82, 2.24) is 4.90 Å². The van der Waals surface area contributed by atoms with Crippen molar-refractivity contribution in [2.75, 3.05) is 13.1 Å². The zero-order valence-electron chi connectivity index (χ0n) is 8.98. The summed E-state index contributed by atoms with van der Waals surface area (Å²) in [5.74, 6) is -0.411. The molecule has 1 rings (SSSR count). The maximum Gasteiger partial charge on any atom is 0.314 e. The molecule has 0 radical (unpaired) electrons. The van der Waals surface area contributed by atoms with Crippen molar-refractivity contribution in [3.05, 3.63) is 0 Å². The fourth-order valence-corrected chi connectivity index (χ4v) is 2.12. The van der Waals surface area contributed by atoms with Gasteiger partial charge in [-0.05, 0) is 24.7 Å². The first-order valence-electron chi connectivity index (χ1n) is 5.27. The van der Waals surface area contributed by atoms with Crippen molar-refractivity contribution >= 4 is 12.0 Å². The first-order valence-corrected chi connectivity index (χ1v) is 5.27. The summed E-state index contributed by atoms with van der Waals surface area (Å²) in [6.07, 6.45) is 2.06. The molecule has 1 aliphatic heterocycles. The third-order valence-electron chi connectivity index (χ3n) is 3.07. The lowest BCUT2D eigenvalue weighted by molar-refractivity contribution is -0.138. The first-order chi connectivity index (χ1) is 7.00. The van der Waals surface area contributed by atoms with Crippen LogP contribution in [0.5, 0.6) is 0 Å². The summed E-state index contributed by atoms with van der Waals surface area (Å²) in [4.78, 5) is 23.1. The third kappa shape index (κ3) is 3.42. The number of aliphatic carboxylic acids is 1. The van der Waals surface area contributed by atoms with Crippen LogP contribution < -0.4 is 5.73 Å². The van der Waals surface area contributed by atoms with Crippen molar-refractivity contribution in [2.45, 2.75) is 26.2 Å². The number of carboxylic acids is 1. The standard InChI is InChI=1S/C10H18N2O3/c1-7(5-9(13)14)8-3-2-4-12(6-8)10(11)15/h7-8H,2-6H2,1H3,(H2,11,15)(H,13,14). The molecule has 0 aliphatic carbocycles. The van der Waals surface area contributed by atoms with E-state index in [9.17, 15) is 9.59 Å². The summed E-state index contributed by atoms with van der Waals surface area (Å²) in [6, 6.07) is -0.401. The molecule has 0 spiro atoms. The third-order valence-corrected chi connectivity index (χ3v) is 3.07. The molecule has 3 N–H and O–H groups in total. The van der Waals surface area contributed by atoms with Crippen LogP contribution in [0.15, 0.2) is 0 Å². The largest absolute Gasteiger partial charge is 0.481 e. The molecule has 2 unspecified atom stereocenters. The number of primary amides is 1. The number of hydrogen-bond donors (Lipinski definition) is 2. The predicted octanol–water partition coefficient (Wildman–Crippen LogP) is 0.888. The molecular weight excluding hydrogens is 196 g/mol. The van der Waals surface area contributed by atoms with E-state index < -0.39 is 12.0 Å². The minimum atomic E-state index is -0.779. The summed E-state index contributed by atoms with van der Waals surface area (Å²) < 4.78 is 0. The topological polar surface area (TPSA) is 83.6 Å². The molecule has 1 aliphatic rings. The lowest BCUT2D eigenvalue weighted by Crippen LogP contribution is -2.44. The summed E-state index contributed by atoms with van der Waals surface area (Å²) >= 11 is 0. The van der Waals surface area contributed by atoms with E-state index in [1.54, 1.807) is 4.90 Å². The number of amides is 2. The van der Waals surface area contributed by atoms with Crippen LogP contribution in [0.4, 0.5) is 4.79 Å². The molecule has 0 aromatic carbocycles. The molecule has 5 nitrogen and oxygen atoms in total. The summed E-state index contributed by atoms with van der Waals surface area (Å²) in [5.41, 5.74) is 5.20. The normalized spacial score (nSPS) is 23.5. The predicted molar refractivity (Wildman–Crippen MR) is 55.3 cm³/mol. The Morgan fingerprint density at radius 3 is 2.80 bits per heavy atom. The van der Waals surface area contributed by atoms with Gasteiger partial charge in [-0.15, -0.1) is 0 Å². The second-order valence-electron chi connectivity index (χ2n) is 4.26. The maximum absolute atomic E-state index is 11.0. The number of likely N-dealkylation sites (tertiary alicyclic amines) is 1. The van der Waals surface area contributed by atoms with E-state index in [0.29, 0.717) is 13.1 Å². The van der Waals surface area contributed by atoms with Crippen LogP contribution in [-0.2, 0) is 4.79 Å². The van der Waals surface area contributed by atoms with E-state index in [0.717, 1.165) is 12.8 Å². The second-order valence-corrected chi connectivity index (χ2v) is 4.26. The van der Waals surface area contributed by atoms with Crippen LogP contribution in [0.25, 0.3) is 0 Å². The van der Waals surface area contributed by atoms with E-state index in [1.165, 1.54) is 0 Å². The molecule has 2 atom stereocenters. The first kappa shape index (κ1) is 11.8. The van der Waals surface area contributed by atoms with Crippen molar-refractivity contribution in [1.29, 1.82) is 0 Å². The average Bonchev–Trinajstić information content (AvgIpc) is 2.17. The summed E-state index contributed by atoms with van der Waals surface area (Å²) in [7, 11) is 0. The summed E-state index contributed by atoms with van der Waals surface area (Å²) in [6.45, 7) is 3.22. The quantitative estimate of drug-likeness (QED) is 0.731. The summed E-state index contributed by atoms with van der Waals surface area (Å²) in [5, 5.41) is 8.68. The van der Waals surface area contributed by atoms with Gasteiger partial charge in [0.15, 0.2) is 0 Å². The molecule has 1 saturated heterocycles. The van der Waals surface area contributed by atoms with Gasteiger partial charge in [-0.25, -0.2) is 4.79 Å². The number of carbonyl (C=O) groups is 2. The highest BCUT2D eigenvalue weighted by atomic mass is 16.4. The monoisotopic (exact) mass is 214 g/mol. The molecule has 2 amide bonds. The zero-order valence-corrected chi connectivity index (χ0v) is 8.98. The van der Waals surface area contributed by atoms with Crippen molar-refractivity contribution < 1.29 is 14.7 Å². The highest BCUT2D eigenvalue weighted by molar-refractivity contribution is 5.72. The van der Waals surface area contributed by atoms with Crippen molar-refractivity contribution in [3.63, 3.8) is 0 Å². The molecule has 0 saturated carbocycles. The Hall–Kier alpha value is -1.26. The maximum atomic E-state index is 11.0. The Kier molecular flexibility index (Phi) is 3.94. The van der Waals surface area contributed by atoms with Gasteiger partial charge in [0.05, 0.1) is 0 Å². The van der Waals surface area contributed by atoms with E-state index in [1.807, 2.05) is 6.92 Å². The number of nitrogens with two attached hydrogens (primary N) is 1. The Labute approximate surface area is 89.2 Å². The molecular formula is C10H18N2O3. The molecule has 1 fully saturated rings. The molecule has 1 heterocycles. The van der Waals surface area contributed by atoms with Crippen molar-refractivity contribution in [2.24, 2.45) is 17.6 Å². The molecule has 15 heavy (non-hydrogen) atoms. The molecule has 0 aromatic heterocycles. The average molecular weight is 214 g/mol. The fraction of sp³-hybridized carbons (Fsp3) is 0.800. The number of carboxylic acid groups (broad SMARTS) is 1. The minimum absolute atomic E-state index is 0.102. The van der Waals surface area contributed by atoms with Crippen LogP contribution in [0, 0.1) is 11.8 Å². The van der Waals surface area contributed by atoms with Gasteiger partial charge >= 0.3 is 12.0 Å². The van der Waals surface area contributed by atoms with Gasteiger partial charge in [-0.1, -0.05) is 6.92 Å². The molecule has 86 valence electrons. The number of nitrogens with zero attached hydrogens (tertiary/aromatic N) is 1. The van der Waals surface area contributed by atoms with Gasteiger partial charge in [-0.3, -0.25) is 4.79 Å². The van der Waals surface area contributed by atoms with E-state index >= 15 is 0 Å². The van der Waals surface area contributed by atoms with Crippen molar-refractivity contribution in [3.8, 4) is 0 Å². The minimum Gasteiger partial charge on any atom is -0.481 e. The Bertz CT molecular complexity index is 255. The smallest absolute Gasteiger partial charge is 0.314 e. The Balaban J connectivity index is 2.48.